The van der Waals surface area contributed by atoms with Crippen LogP contribution in [0.5, 0.6) is 0 Å². The molecule has 3 aromatic rings. The van der Waals surface area contributed by atoms with Crippen molar-refractivity contribution < 1.29 is 43.6 Å². The van der Waals surface area contributed by atoms with Crippen LogP contribution in [-0.2, 0) is 15.4 Å². The molecule has 192 valence electrons. The van der Waals surface area contributed by atoms with Gasteiger partial charge < -0.3 is 0 Å². The number of halogens is 4. The number of rotatable bonds is 9. The zero-order valence-corrected chi connectivity index (χ0v) is 22.5. The van der Waals surface area contributed by atoms with E-state index in [-0.39, 0.29) is 21.7 Å². The maximum absolute atomic E-state index is 13.0. The van der Waals surface area contributed by atoms with E-state index < -0.39 is 32.9 Å². The first-order valence-corrected chi connectivity index (χ1v) is 14.8. The molecule has 3 nitrogen and oxygen atoms in total. The fourth-order valence-electron chi connectivity index (χ4n) is 4.62. The van der Waals surface area contributed by atoms with E-state index in [0.29, 0.717) is 0 Å². The topological polar surface area (TPSA) is 42.2 Å². The summed E-state index contributed by atoms with van der Waals surface area (Å²) in [7, 11) is 1.68. The Bertz CT molecular complexity index is 1240. The Labute approximate surface area is 220 Å². The van der Waals surface area contributed by atoms with Gasteiger partial charge in [0.15, 0.2) is 0 Å². The van der Waals surface area contributed by atoms with E-state index in [2.05, 4.69) is 35.7 Å². The standard InChI is InChI=1S/C29H30F3INO2/c1-19-16-23-11-10-22(17-27(23)36-19)26(33-18-20-8-12-24(13-9-20)29(30,31)32)15-14-25(28(35)34-2)21-6-4-3-5-7-21/h3-6,8-13,16-17,21,25-26H,7,14-15,18H2,1-2H3,(H,34,35)/q-1/t21?,25-,26?/m1/s1. The predicted molar refractivity (Wildman–Crippen MR) is 132 cm³/mol. The average Bonchev–Trinajstić information content (AvgIpc) is 3.25. The van der Waals surface area contributed by atoms with Crippen LogP contribution in [-0.4, -0.2) is 13.0 Å². The zero-order valence-electron chi connectivity index (χ0n) is 20.3. The molecule has 7 heteroatoms. The number of furan rings is 1. The number of carbonyl (C=O) groups is 1. The Morgan fingerprint density at radius 2 is 1.89 bits per heavy atom. The average molecular weight is 608 g/mol. The van der Waals surface area contributed by atoms with Crippen molar-refractivity contribution in [3.05, 3.63) is 95.3 Å². The van der Waals surface area contributed by atoms with Gasteiger partial charge in [-0.3, -0.25) is 0 Å². The van der Waals surface area contributed by atoms with Gasteiger partial charge in [-0.15, -0.1) is 0 Å². The van der Waals surface area contributed by atoms with Gasteiger partial charge in [0.2, 0.25) is 0 Å². The summed E-state index contributed by atoms with van der Waals surface area (Å²) in [6.07, 6.45) is 6.33. The SMILES string of the molecule is CNC(=O)[C@H](CCC([I-]Cc1ccc(C(F)(F)F)cc1)c1ccc2cc(C)oc2c1)C1C=CC=CC1. The van der Waals surface area contributed by atoms with E-state index in [4.69, 9.17) is 4.42 Å². The number of hydrogen-bond acceptors (Lipinski definition) is 2. The number of nitrogens with one attached hydrogen (secondary N) is 1. The van der Waals surface area contributed by atoms with Crippen LogP contribution in [0.3, 0.4) is 0 Å². The summed E-state index contributed by atoms with van der Waals surface area (Å²) in [5, 5.41) is 3.89. The molecule has 0 saturated heterocycles. The van der Waals surface area contributed by atoms with Gasteiger partial charge >= 0.3 is 221 Å². The van der Waals surface area contributed by atoms with E-state index in [1.165, 1.54) is 5.56 Å². The number of hydrogen-bond donors (Lipinski definition) is 1. The molecule has 0 saturated carbocycles. The molecule has 1 amide bonds. The number of aryl methyl sites for hydroxylation is 1. The third-order valence-corrected chi connectivity index (χ3v) is 10.3. The Balaban J connectivity index is 1.54. The van der Waals surface area contributed by atoms with Crippen molar-refractivity contribution in [2.75, 3.05) is 7.05 Å². The van der Waals surface area contributed by atoms with Crippen molar-refractivity contribution in [3.63, 3.8) is 0 Å². The van der Waals surface area contributed by atoms with E-state index in [9.17, 15) is 18.0 Å². The Morgan fingerprint density at radius 3 is 2.56 bits per heavy atom. The van der Waals surface area contributed by atoms with Crippen LogP contribution < -0.4 is 26.5 Å². The normalized spacial score (nSPS) is 17.4. The quantitative estimate of drug-likeness (QED) is 0.290. The summed E-state index contributed by atoms with van der Waals surface area (Å²) >= 11 is -0.448. The first kappa shape index (κ1) is 26.5. The van der Waals surface area contributed by atoms with Gasteiger partial charge in [-0.2, -0.15) is 0 Å². The van der Waals surface area contributed by atoms with Crippen molar-refractivity contribution in [3.8, 4) is 0 Å². The molecular formula is C29H30F3INO2-. The second-order valence-electron chi connectivity index (χ2n) is 9.12. The number of benzene rings is 2. The van der Waals surface area contributed by atoms with Crippen molar-refractivity contribution >= 4 is 16.9 Å². The van der Waals surface area contributed by atoms with Gasteiger partial charge in [0.1, 0.15) is 0 Å². The second kappa shape index (κ2) is 11.7. The zero-order chi connectivity index (χ0) is 25.7. The molecule has 1 aliphatic carbocycles. The van der Waals surface area contributed by atoms with Gasteiger partial charge in [0.05, 0.1) is 0 Å². The van der Waals surface area contributed by atoms with Gasteiger partial charge in [0.25, 0.3) is 0 Å². The van der Waals surface area contributed by atoms with Crippen LogP contribution >= 0.6 is 0 Å². The van der Waals surface area contributed by atoms with Crippen LogP contribution in [0.1, 0.15) is 45.6 Å². The molecule has 0 bridgehead atoms. The third-order valence-electron chi connectivity index (χ3n) is 6.57. The third kappa shape index (κ3) is 6.60. The first-order valence-electron chi connectivity index (χ1n) is 12.0. The van der Waals surface area contributed by atoms with Crippen LogP contribution in [0.25, 0.3) is 11.0 Å². The van der Waals surface area contributed by atoms with Crippen molar-refractivity contribution in [1.82, 2.24) is 5.32 Å². The Morgan fingerprint density at radius 1 is 1.11 bits per heavy atom. The second-order valence-corrected chi connectivity index (χ2v) is 12.3. The Kier molecular flexibility index (Phi) is 8.59. The van der Waals surface area contributed by atoms with Crippen molar-refractivity contribution in [2.24, 2.45) is 11.8 Å². The molecule has 4 rings (SSSR count). The number of amides is 1. The molecule has 0 radical (unpaired) electrons. The molecule has 0 fully saturated rings. The molecule has 0 spiro atoms. The van der Waals surface area contributed by atoms with Crippen LogP contribution in [0.4, 0.5) is 13.2 Å². The van der Waals surface area contributed by atoms with Crippen LogP contribution in [0.2, 0.25) is 0 Å². The summed E-state index contributed by atoms with van der Waals surface area (Å²) in [6.45, 7) is 1.93. The maximum atomic E-state index is 13.0. The van der Waals surface area contributed by atoms with Gasteiger partial charge in [-0.1, -0.05) is 0 Å². The summed E-state index contributed by atoms with van der Waals surface area (Å²) in [4.78, 5) is 12.8. The molecule has 2 aromatic carbocycles. The number of fused-ring (bicyclic) bond motifs is 1. The molecule has 2 unspecified atom stereocenters. The number of carbonyl (C=O) groups excluding carboxylic acids is 1. The van der Waals surface area contributed by atoms with Gasteiger partial charge in [0, 0.05) is 0 Å². The van der Waals surface area contributed by atoms with E-state index in [1.807, 2.05) is 25.1 Å². The summed E-state index contributed by atoms with van der Waals surface area (Å²) in [5.74, 6) is 0.953. The number of allylic oxidation sites excluding steroid dienone is 4. The monoisotopic (exact) mass is 608 g/mol. The van der Waals surface area contributed by atoms with Crippen molar-refractivity contribution in [1.29, 1.82) is 0 Å². The minimum absolute atomic E-state index is 0.0525. The molecule has 36 heavy (non-hydrogen) atoms. The summed E-state index contributed by atoms with van der Waals surface area (Å²) < 4.78 is 45.8. The van der Waals surface area contributed by atoms with Crippen LogP contribution in [0.15, 0.2) is 77.3 Å². The molecule has 1 aromatic heterocycles. The predicted octanol–water partition coefficient (Wildman–Crippen LogP) is 4.37. The number of alkyl halides is 5. The van der Waals surface area contributed by atoms with E-state index in [0.717, 1.165) is 58.1 Å². The Hall–Kier alpha value is -2.55. The molecule has 1 heterocycles. The molecule has 1 N–H and O–H groups in total. The van der Waals surface area contributed by atoms with Gasteiger partial charge in [-0.05, 0) is 0 Å². The minimum atomic E-state index is -4.33. The summed E-state index contributed by atoms with van der Waals surface area (Å²) in [5.41, 5.74) is 2.31. The van der Waals surface area contributed by atoms with Crippen molar-refractivity contribution in [2.45, 2.75) is 40.7 Å². The summed E-state index contributed by atoms with van der Waals surface area (Å²) in [6, 6.07) is 13.8. The van der Waals surface area contributed by atoms with Crippen LogP contribution in [0, 0.1) is 18.8 Å². The van der Waals surface area contributed by atoms with E-state index in [1.54, 1.807) is 19.2 Å². The molecule has 3 atom stereocenters. The molecule has 1 aliphatic rings. The fraction of sp³-hybridized carbons (Fsp3) is 0.345. The fourth-order valence-corrected chi connectivity index (χ4v) is 7.87. The first-order chi connectivity index (χ1) is 17.2. The van der Waals surface area contributed by atoms with Gasteiger partial charge in [-0.25, -0.2) is 0 Å². The molecular weight excluding hydrogens is 578 g/mol. The molecule has 0 aliphatic heterocycles. The van der Waals surface area contributed by atoms with E-state index >= 15 is 0 Å².